The lowest BCUT2D eigenvalue weighted by atomic mass is 9.89. The van der Waals surface area contributed by atoms with Gasteiger partial charge < -0.3 is 22.1 Å². The van der Waals surface area contributed by atoms with Crippen LogP contribution in [0.15, 0.2) is 103 Å². The fraction of sp³-hybridized carbons (Fsp3) is 0. The molecule has 0 aliphatic carbocycles. The predicted molar refractivity (Wildman–Crippen MR) is 147 cm³/mol. The molecule has 5 aromatic rings. The van der Waals surface area contributed by atoms with Crippen LogP contribution < -0.4 is 22.1 Å². The number of anilines is 6. The molecule has 0 saturated heterocycles. The minimum atomic E-state index is 0.527. The average molecular weight is 473 g/mol. The number of aldehydes is 1. The van der Waals surface area contributed by atoms with Crippen molar-refractivity contribution >= 4 is 40.7 Å². The molecule has 0 aliphatic rings. The van der Waals surface area contributed by atoms with Crippen LogP contribution in [0.1, 0.15) is 10.4 Å². The van der Waals surface area contributed by atoms with Gasteiger partial charge in [0.1, 0.15) is 0 Å². The Labute approximate surface area is 208 Å². The quantitative estimate of drug-likeness (QED) is 0.206. The molecule has 0 saturated carbocycles. The highest BCUT2D eigenvalue weighted by Gasteiger charge is 2.18. The monoisotopic (exact) mass is 472 g/mol. The number of nitrogens with zero attached hydrogens (tertiary/aromatic N) is 2. The number of pyridine rings is 2. The van der Waals surface area contributed by atoms with Gasteiger partial charge in [-0.3, -0.25) is 4.79 Å². The molecule has 3 aromatic carbocycles. The Kier molecular flexibility index (Phi) is 6.27. The summed E-state index contributed by atoms with van der Waals surface area (Å²) in [6.45, 7) is 0. The summed E-state index contributed by atoms with van der Waals surface area (Å²) in [4.78, 5) is 21.0. The van der Waals surface area contributed by atoms with E-state index in [1.807, 2.05) is 66.7 Å². The first-order valence-electron chi connectivity index (χ1n) is 11.4. The smallest absolute Gasteiger partial charge is 0.153 e. The maximum absolute atomic E-state index is 12.2. The van der Waals surface area contributed by atoms with E-state index < -0.39 is 0 Å². The van der Waals surface area contributed by atoms with E-state index in [1.165, 1.54) is 0 Å². The Morgan fingerprint density at radius 2 is 1.11 bits per heavy atom. The number of hydrogen-bond acceptors (Lipinski definition) is 7. The molecule has 7 heteroatoms. The second-order valence-electron chi connectivity index (χ2n) is 8.11. The van der Waals surface area contributed by atoms with Crippen LogP contribution in [0.2, 0.25) is 0 Å². The Morgan fingerprint density at radius 1 is 0.583 bits per heavy atom. The van der Waals surface area contributed by atoms with Crippen LogP contribution >= 0.6 is 0 Å². The molecule has 0 unspecified atom stereocenters. The van der Waals surface area contributed by atoms with Gasteiger partial charge >= 0.3 is 0 Å². The van der Waals surface area contributed by atoms with Crippen molar-refractivity contribution in [3.05, 3.63) is 109 Å². The molecule has 7 nitrogen and oxygen atoms in total. The number of rotatable bonds is 7. The van der Waals surface area contributed by atoms with Gasteiger partial charge in [0.05, 0.1) is 11.4 Å². The molecule has 0 spiro atoms. The van der Waals surface area contributed by atoms with Gasteiger partial charge in [-0.05, 0) is 42.0 Å². The summed E-state index contributed by atoms with van der Waals surface area (Å²) in [7, 11) is 0. The second kappa shape index (κ2) is 9.99. The van der Waals surface area contributed by atoms with Crippen molar-refractivity contribution in [3.63, 3.8) is 0 Å². The number of benzene rings is 3. The normalized spacial score (nSPS) is 10.6. The van der Waals surface area contributed by atoms with Crippen molar-refractivity contribution in [2.45, 2.75) is 0 Å². The molecular formula is C29H24N6O. The van der Waals surface area contributed by atoms with E-state index in [0.29, 0.717) is 28.6 Å². The van der Waals surface area contributed by atoms with Gasteiger partial charge in [0.15, 0.2) is 17.9 Å². The Hall–Kier alpha value is -5.17. The fourth-order valence-electron chi connectivity index (χ4n) is 4.13. The Morgan fingerprint density at radius 3 is 1.69 bits per heavy atom. The van der Waals surface area contributed by atoms with Gasteiger partial charge in [0.2, 0.25) is 0 Å². The fourth-order valence-corrected chi connectivity index (χ4v) is 4.13. The standard InChI is InChI=1S/C29H24N6O/c30-23-12-6-16-32-28(23)34-25-14-3-1-9-20(25)21-11-5-8-19(18-36)27(21)22-10-2-4-15-26(22)35-29-24(31)13-7-17-33-29/h1-18H,30-31H2,(H,32,34)(H,33,35). The number of hydrogen-bond donors (Lipinski definition) is 4. The molecule has 0 bridgehead atoms. The molecule has 0 amide bonds. The van der Waals surface area contributed by atoms with E-state index in [0.717, 1.165) is 39.9 Å². The molecule has 0 atom stereocenters. The first-order chi connectivity index (χ1) is 17.7. The lowest BCUT2D eigenvalue weighted by Gasteiger charge is -2.19. The van der Waals surface area contributed by atoms with Crippen molar-refractivity contribution < 1.29 is 4.79 Å². The third-order valence-corrected chi connectivity index (χ3v) is 5.82. The van der Waals surface area contributed by atoms with Crippen molar-refractivity contribution in [1.82, 2.24) is 9.97 Å². The molecule has 36 heavy (non-hydrogen) atoms. The summed E-state index contributed by atoms with van der Waals surface area (Å²) < 4.78 is 0. The highest BCUT2D eigenvalue weighted by atomic mass is 16.1. The van der Waals surface area contributed by atoms with Crippen molar-refractivity contribution in [1.29, 1.82) is 0 Å². The van der Waals surface area contributed by atoms with Crippen LogP contribution in [0, 0.1) is 0 Å². The van der Waals surface area contributed by atoms with Gasteiger partial charge in [0.25, 0.3) is 0 Å². The first kappa shape index (κ1) is 22.6. The van der Waals surface area contributed by atoms with Crippen LogP contribution in [0.25, 0.3) is 22.3 Å². The highest BCUT2D eigenvalue weighted by Crippen LogP contribution is 2.42. The van der Waals surface area contributed by atoms with Gasteiger partial charge in [0, 0.05) is 46.0 Å². The first-order valence-corrected chi connectivity index (χ1v) is 11.4. The number of nitrogens with one attached hydrogen (secondary N) is 2. The van der Waals surface area contributed by atoms with Crippen LogP contribution in [0.5, 0.6) is 0 Å². The minimum absolute atomic E-state index is 0.527. The van der Waals surface area contributed by atoms with E-state index in [1.54, 1.807) is 36.7 Å². The molecule has 0 radical (unpaired) electrons. The minimum Gasteiger partial charge on any atom is -0.396 e. The average Bonchev–Trinajstić information content (AvgIpc) is 2.91. The number of para-hydroxylation sites is 2. The van der Waals surface area contributed by atoms with Crippen LogP contribution in [-0.4, -0.2) is 16.3 Å². The molecule has 6 N–H and O–H groups in total. The molecule has 5 rings (SSSR count). The number of nitrogen functional groups attached to an aromatic ring is 2. The van der Waals surface area contributed by atoms with E-state index in [4.69, 9.17) is 11.5 Å². The summed E-state index contributed by atoms with van der Waals surface area (Å²) in [6.07, 6.45) is 4.24. The van der Waals surface area contributed by atoms with E-state index in [2.05, 4.69) is 20.6 Å². The summed E-state index contributed by atoms with van der Waals surface area (Å²) in [5, 5.41) is 6.69. The SMILES string of the molecule is Nc1cccnc1Nc1ccccc1-c1cccc(C=O)c1-c1ccccc1Nc1ncccc1N. The van der Waals surface area contributed by atoms with Crippen molar-refractivity contribution in [2.24, 2.45) is 0 Å². The van der Waals surface area contributed by atoms with Gasteiger partial charge in [-0.2, -0.15) is 0 Å². The maximum Gasteiger partial charge on any atom is 0.153 e. The summed E-state index contributed by atoms with van der Waals surface area (Å²) in [5.74, 6) is 1.11. The number of carbonyl (C=O) groups excluding carboxylic acids is 1. The third kappa shape index (κ3) is 4.45. The molecule has 176 valence electrons. The van der Waals surface area contributed by atoms with Gasteiger partial charge in [-0.15, -0.1) is 0 Å². The Balaban J connectivity index is 1.67. The number of carbonyl (C=O) groups is 1. The van der Waals surface area contributed by atoms with E-state index in [-0.39, 0.29) is 0 Å². The Bertz CT molecular complexity index is 1550. The lowest BCUT2D eigenvalue weighted by molar-refractivity contribution is 0.112. The maximum atomic E-state index is 12.2. The van der Waals surface area contributed by atoms with E-state index >= 15 is 0 Å². The van der Waals surface area contributed by atoms with Crippen LogP contribution in [0.4, 0.5) is 34.4 Å². The van der Waals surface area contributed by atoms with Crippen molar-refractivity contribution in [3.8, 4) is 22.3 Å². The highest BCUT2D eigenvalue weighted by molar-refractivity contribution is 6.02. The largest absolute Gasteiger partial charge is 0.396 e. The van der Waals surface area contributed by atoms with Crippen LogP contribution in [-0.2, 0) is 0 Å². The van der Waals surface area contributed by atoms with Gasteiger partial charge in [-0.25, -0.2) is 9.97 Å². The number of nitrogens with two attached hydrogens (primary N) is 2. The summed E-state index contributed by atoms with van der Waals surface area (Å²) in [6, 6.07) is 28.5. The molecule has 0 fully saturated rings. The molecule has 2 heterocycles. The molecular weight excluding hydrogens is 448 g/mol. The zero-order valence-electron chi connectivity index (χ0n) is 19.3. The summed E-state index contributed by atoms with van der Waals surface area (Å²) >= 11 is 0. The zero-order valence-corrected chi connectivity index (χ0v) is 19.3. The lowest BCUT2D eigenvalue weighted by Crippen LogP contribution is -2.02. The second-order valence-corrected chi connectivity index (χ2v) is 8.11. The predicted octanol–water partition coefficient (Wildman–Crippen LogP) is 6.27. The third-order valence-electron chi connectivity index (χ3n) is 5.82. The molecule has 2 aromatic heterocycles. The number of aromatic nitrogens is 2. The van der Waals surface area contributed by atoms with Crippen LogP contribution in [0.3, 0.4) is 0 Å². The van der Waals surface area contributed by atoms with Gasteiger partial charge in [-0.1, -0.05) is 54.6 Å². The topological polar surface area (TPSA) is 119 Å². The van der Waals surface area contributed by atoms with E-state index in [9.17, 15) is 4.79 Å². The summed E-state index contributed by atoms with van der Waals surface area (Å²) in [5.41, 5.74) is 18.9. The zero-order chi connectivity index (χ0) is 24.9. The molecule has 0 aliphatic heterocycles. The van der Waals surface area contributed by atoms with Crippen molar-refractivity contribution in [2.75, 3.05) is 22.1 Å².